The van der Waals surface area contributed by atoms with Gasteiger partial charge < -0.3 is 5.32 Å². The minimum absolute atomic E-state index is 0.115. The van der Waals surface area contributed by atoms with Crippen LogP contribution < -0.4 is 9.62 Å². The summed E-state index contributed by atoms with van der Waals surface area (Å²) in [6.07, 6.45) is 1.83. The number of sulfonamides is 1. The van der Waals surface area contributed by atoms with E-state index >= 15 is 0 Å². The summed E-state index contributed by atoms with van der Waals surface area (Å²) in [6.45, 7) is 7.64. The van der Waals surface area contributed by atoms with Crippen LogP contribution in [0, 0.1) is 0 Å². The third-order valence-electron chi connectivity index (χ3n) is 3.34. The molecule has 0 aromatic heterocycles. The molecule has 1 aliphatic heterocycles. The number of hydrogen-bond acceptors (Lipinski definition) is 3. The normalized spacial score (nSPS) is 18.5. The molecule has 0 aliphatic carbocycles. The van der Waals surface area contributed by atoms with Crippen LogP contribution in [-0.4, -0.2) is 32.2 Å². The molecule has 1 atom stereocenters. The fourth-order valence-electron chi connectivity index (χ4n) is 2.66. The summed E-state index contributed by atoms with van der Waals surface area (Å²) in [6, 6.07) is 5.07. The van der Waals surface area contributed by atoms with Crippen molar-refractivity contribution in [3.63, 3.8) is 0 Å². The summed E-state index contributed by atoms with van der Waals surface area (Å²) in [7, 11) is -3.29. The third-order valence-corrected chi connectivity index (χ3v) is 4.61. The SMILES string of the molecule is C[C@H]1Cc2cc(C(=O)NC(C)(C)C)ccc2N1S(C)(=O)=O. The minimum atomic E-state index is -3.29. The Balaban J connectivity index is 2.35. The van der Waals surface area contributed by atoms with Crippen molar-refractivity contribution in [1.82, 2.24) is 5.32 Å². The largest absolute Gasteiger partial charge is 0.347 e. The van der Waals surface area contributed by atoms with Crippen molar-refractivity contribution in [2.45, 2.75) is 45.7 Å². The number of nitrogens with one attached hydrogen (secondary N) is 1. The first-order valence-corrected chi connectivity index (χ1v) is 8.79. The molecule has 0 saturated heterocycles. The van der Waals surface area contributed by atoms with Crippen LogP contribution in [0.15, 0.2) is 18.2 Å². The summed E-state index contributed by atoms with van der Waals surface area (Å²) in [4.78, 5) is 12.2. The molecule has 2 rings (SSSR count). The number of carbonyl (C=O) groups excluding carboxylic acids is 1. The molecule has 1 aliphatic rings. The van der Waals surface area contributed by atoms with Gasteiger partial charge in [0.15, 0.2) is 0 Å². The standard InChI is InChI=1S/C15H22N2O3S/c1-10-8-12-9-11(14(18)16-15(2,3)4)6-7-13(12)17(10)21(5,19)20/h6-7,9-10H,8H2,1-5H3,(H,16,18)/t10-/m0/s1. The van der Waals surface area contributed by atoms with E-state index in [1.54, 1.807) is 18.2 Å². The van der Waals surface area contributed by atoms with E-state index in [9.17, 15) is 13.2 Å². The van der Waals surface area contributed by atoms with Gasteiger partial charge >= 0.3 is 0 Å². The van der Waals surface area contributed by atoms with Crippen molar-refractivity contribution >= 4 is 21.6 Å². The number of carbonyl (C=O) groups is 1. The molecule has 0 unspecified atom stereocenters. The Morgan fingerprint density at radius 2 is 1.95 bits per heavy atom. The van der Waals surface area contributed by atoms with Gasteiger partial charge in [-0.25, -0.2) is 8.42 Å². The lowest BCUT2D eigenvalue weighted by atomic mass is 10.0. The Hall–Kier alpha value is -1.56. The van der Waals surface area contributed by atoms with Gasteiger partial charge in [0, 0.05) is 17.1 Å². The topological polar surface area (TPSA) is 66.5 Å². The summed E-state index contributed by atoms with van der Waals surface area (Å²) in [5, 5.41) is 2.91. The molecule has 0 fully saturated rings. The van der Waals surface area contributed by atoms with Crippen LogP contribution in [0.2, 0.25) is 0 Å². The van der Waals surface area contributed by atoms with E-state index in [-0.39, 0.29) is 17.5 Å². The first kappa shape index (κ1) is 15.8. The molecule has 1 heterocycles. The third kappa shape index (κ3) is 3.37. The van der Waals surface area contributed by atoms with Crippen molar-refractivity contribution < 1.29 is 13.2 Å². The van der Waals surface area contributed by atoms with Crippen molar-refractivity contribution in [2.75, 3.05) is 10.6 Å². The van der Waals surface area contributed by atoms with E-state index in [0.29, 0.717) is 17.7 Å². The van der Waals surface area contributed by atoms with Crippen LogP contribution in [0.5, 0.6) is 0 Å². The zero-order valence-electron chi connectivity index (χ0n) is 13.1. The van der Waals surface area contributed by atoms with E-state index in [0.717, 1.165) is 5.56 Å². The van der Waals surface area contributed by atoms with Gasteiger partial charge in [-0.05, 0) is 57.9 Å². The highest BCUT2D eigenvalue weighted by Gasteiger charge is 2.32. The van der Waals surface area contributed by atoms with Gasteiger partial charge in [-0.1, -0.05) is 0 Å². The van der Waals surface area contributed by atoms with Gasteiger partial charge in [0.05, 0.1) is 11.9 Å². The Morgan fingerprint density at radius 3 is 2.48 bits per heavy atom. The first-order chi connectivity index (χ1) is 9.49. The Bertz CT molecular complexity index is 675. The van der Waals surface area contributed by atoms with E-state index in [1.165, 1.54) is 10.6 Å². The molecule has 1 N–H and O–H groups in total. The lowest BCUT2D eigenvalue weighted by molar-refractivity contribution is 0.0919. The Morgan fingerprint density at radius 1 is 1.33 bits per heavy atom. The maximum atomic E-state index is 12.2. The summed E-state index contributed by atoms with van der Waals surface area (Å²) >= 11 is 0. The number of hydrogen-bond donors (Lipinski definition) is 1. The Labute approximate surface area is 126 Å². The van der Waals surface area contributed by atoms with Crippen LogP contribution in [0.4, 0.5) is 5.69 Å². The second-order valence-corrected chi connectivity index (χ2v) is 8.52. The van der Waals surface area contributed by atoms with Crippen LogP contribution in [0.1, 0.15) is 43.6 Å². The average Bonchev–Trinajstić information content (AvgIpc) is 2.60. The Kier molecular flexibility index (Phi) is 3.78. The monoisotopic (exact) mass is 310 g/mol. The van der Waals surface area contributed by atoms with Gasteiger partial charge in [0.25, 0.3) is 5.91 Å². The maximum absolute atomic E-state index is 12.2. The molecule has 21 heavy (non-hydrogen) atoms. The molecule has 0 bridgehead atoms. The van der Waals surface area contributed by atoms with Crippen LogP contribution >= 0.6 is 0 Å². The van der Waals surface area contributed by atoms with E-state index in [1.807, 2.05) is 27.7 Å². The van der Waals surface area contributed by atoms with Crippen molar-refractivity contribution in [3.8, 4) is 0 Å². The summed E-state index contributed by atoms with van der Waals surface area (Å²) in [5.41, 5.74) is 1.83. The predicted molar refractivity (Wildman–Crippen MR) is 84.2 cm³/mol. The molecule has 6 heteroatoms. The fraction of sp³-hybridized carbons (Fsp3) is 0.533. The van der Waals surface area contributed by atoms with Crippen molar-refractivity contribution in [1.29, 1.82) is 0 Å². The molecule has 0 saturated carbocycles. The van der Waals surface area contributed by atoms with Crippen LogP contribution in [-0.2, 0) is 16.4 Å². The molecule has 0 radical (unpaired) electrons. The highest BCUT2D eigenvalue weighted by molar-refractivity contribution is 7.92. The van der Waals surface area contributed by atoms with E-state index in [4.69, 9.17) is 0 Å². The molecular weight excluding hydrogens is 288 g/mol. The highest BCUT2D eigenvalue weighted by Crippen LogP contribution is 2.34. The fourth-order valence-corrected chi connectivity index (χ4v) is 3.93. The molecule has 116 valence electrons. The number of anilines is 1. The number of nitrogens with zero attached hydrogens (tertiary/aromatic N) is 1. The molecule has 0 spiro atoms. The number of benzene rings is 1. The predicted octanol–water partition coefficient (Wildman–Crippen LogP) is 1.93. The zero-order chi connectivity index (χ0) is 16.0. The number of amides is 1. The minimum Gasteiger partial charge on any atom is -0.347 e. The lowest BCUT2D eigenvalue weighted by Crippen LogP contribution is -2.40. The van der Waals surface area contributed by atoms with Gasteiger partial charge in [-0.2, -0.15) is 0 Å². The number of rotatable bonds is 2. The van der Waals surface area contributed by atoms with Gasteiger partial charge in [0.2, 0.25) is 10.0 Å². The quantitative estimate of drug-likeness (QED) is 0.907. The zero-order valence-corrected chi connectivity index (χ0v) is 13.9. The number of fused-ring (bicyclic) bond motifs is 1. The average molecular weight is 310 g/mol. The summed E-state index contributed by atoms with van der Waals surface area (Å²) < 4.78 is 25.1. The van der Waals surface area contributed by atoms with Gasteiger partial charge in [-0.3, -0.25) is 9.10 Å². The van der Waals surface area contributed by atoms with Crippen molar-refractivity contribution in [2.24, 2.45) is 0 Å². The van der Waals surface area contributed by atoms with E-state index < -0.39 is 10.0 Å². The molecule has 1 amide bonds. The molecular formula is C15H22N2O3S. The first-order valence-electron chi connectivity index (χ1n) is 6.94. The van der Waals surface area contributed by atoms with Gasteiger partial charge in [0.1, 0.15) is 0 Å². The molecule has 1 aromatic rings. The smallest absolute Gasteiger partial charge is 0.251 e. The lowest BCUT2D eigenvalue weighted by Gasteiger charge is -2.22. The van der Waals surface area contributed by atoms with Crippen molar-refractivity contribution in [3.05, 3.63) is 29.3 Å². The van der Waals surface area contributed by atoms with Crippen LogP contribution in [0.3, 0.4) is 0 Å². The van der Waals surface area contributed by atoms with E-state index in [2.05, 4.69) is 5.32 Å². The summed E-state index contributed by atoms with van der Waals surface area (Å²) in [5.74, 6) is -0.143. The second kappa shape index (κ2) is 5.02. The molecule has 5 nitrogen and oxygen atoms in total. The van der Waals surface area contributed by atoms with Gasteiger partial charge in [-0.15, -0.1) is 0 Å². The highest BCUT2D eigenvalue weighted by atomic mass is 32.2. The van der Waals surface area contributed by atoms with Crippen LogP contribution in [0.25, 0.3) is 0 Å². The second-order valence-electron chi connectivity index (χ2n) is 6.66. The maximum Gasteiger partial charge on any atom is 0.251 e. The molecule has 1 aromatic carbocycles.